The van der Waals surface area contributed by atoms with E-state index in [0.29, 0.717) is 12.8 Å². The molecule has 0 unspecified atom stereocenters. The van der Waals surface area contributed by atoms with Gasteiger partial charge in [0, 0.05) is 54.4 Å². The monoisotopic (exact) mass is 431 g/mol. The molecule has 0 fully saturated rings. The van der Waals surface area contributed by atoms with Crippen LogP contribution in [0.2, 0.25) is 0 Å². The highest BCUT2D eigenvalue weighted by Gasteiger charge is 2.25. The molecule has 0 aliphatic heterocycles. The molecular weight excluding hydrogens is 402 g/mol. The standard InChI is InChI=1S/C18H29N3O9/c1-19-20-18(22)12-10-13(21(23)24)17(30-9-7-16(27-4)28-5)14(11-12)29-8-6-15(25-2)26-3/h10-11,15-16,19H,6-9H2,1-5H3,(H,20,22). The lowest BCUT2D eigenvalue weighted by molar-refractivity contribution is -0.386. The second-order valence-electron chi connectivity index (χ2n) is 5.86. The van der Waals surface area contributed by atoms with E-state index >= 15 is 0 Å². The summed E-state index contributed by atoms with van der Waals surface area (Å²) in [6.07, 6.45) is -0.369. The number of nitro benzene ring substituents is 1. The maximum atomic E-state index is 12.2. The Bertz CT molecular complexity index is 679. The van der Waals surface area contributed by atoms with Crippen molar-refractivity contribution in [3.8, 4) is 11.5 Å². The molecule has 1 rings (SSSR count). The van der Waals surface area contributed by atoms with Gasteiger partial charge in [0.15, 0.2) is 18.3 Å². The Hall–Kier alpha value is -2.51. The molecule has 170 valence electrons. The van der Waals surface area contributed by atoms with Crippen molar-refractivity contribution in [1.82, 2.24) is 10.9 Å². The lowest BCUT2D eigenvalue weighted by Gasteiger charge is -2.18. The zero-order valence-electron chi connectivity index (χ0n) is 17.8. The summed E-state index contributed by atoms with van der Waals surface area (Å²) in [5.41, 5.74) is 4.46. The van der Waals surface area contributed by atoms with Gasteiger partial charge in [-0.15, -0.1) is 0 Å². The number of nitrogens with zero attached hydrogens (tertiary/aromatic N) is 1. The fourth-order valence-corrected chi connectivity index (χ4v) is 2.48. The van der Waals surface area contributed by atoms with Crippen LogP contribution in [0, 0.1) is 10.1 Å². The van der Waals surface area contributed by atoms with Crippen LogP contribution in [0.4, 0.5) is 5.69 Å². The van der Waals surface area contributed by atoms with E-state index in [9.17, 15) is 14.9 Å². The lowest BCUT2D eigenvalue weighted by atomic mass is 10.1. The molecule has 1 aromatic carbocycles. The fourth-order valence-electron chi connectivity index (χ4n) is 2.48. The largest absolute Gasteiger partial charge is 0.489 e. The van der Waals surface area contributed by atoms with Crippen LogP contribution in [-0.2, 0) is 18.9 Å². The summed E-state index contributed by atoms with van der Waals surface area (Å²) >= 11 is 0. The molecule has 0 radical (unpaired) electrons. The Morgan fingerprint density at radius 1 is 1.00 bits per heavy atom. The summed E-state index contributed by atoms with van der Waals surface area (Å²) in [5, 5.41) is 11.6. The first-order valence-corrected chi connectivity index (χ1v) is 9.08. The Morgan fingerprint density at radius 3 is 2.00 bits per heavy atom. The van der Waals surface area contributed by atoms with E-state index in [0.717, 1.165) is 6.07 Å². The van der Waals surface area contributed by atoms with Crippen molar-refractivity contribution in [2.75, 3.05) is 48.7 Å². The highest BCUT2D eigenvalue weighted by molar-refractivity contribution is 5.95. The number of carbonyl (C=O) groups is 1. The van der Waals surface area contributed by atoms with Crippen LogP contribution in [0.1, 0.15) is 23.2 Å². The van der Waals surface area contributed by atoms with Crippen LogP contribution in [0.5, 0.6) is 11.5 Å². The Morgan fingerprint density at radius 2 is 1.53 bits per heavy atom. The summed E-state index contributed by atoms with van der Waals surface area (Å²) < 4.78 is 31.7. The van der Waals surface area contributed by atoms with Crippen LogP contribution in [-0.4, -0.2) is 72.1 Å². The smallest absolute Gasteiger partial charge is 0.315 e. The van der Waals surface area contributed by atoms with Gasteiger partial charge >= 0.3 is 5.69 Å². The summed E-state index contributed by atoms with van der Waals surface area (Å²) in [7, 11) is 7.42. The Labute approximate surface area is 174 Å². The third kappa shape index (κ3) is 7.72. The molecule has 1 aromatic rings. The van der Waals surface area contributed by atoms with E-state index in [1.165, 1.54) is 41.6 Å². The molecule has 0 heterocycles. The summed E-state index contributed by atoms with van der Waals surface area (Å²) in [6, 6.07) is 2.49. The molecule has 12 heteroatoms. The number of carbonyl (C=O) groups excluding carboxylic acids is 1. The van der Waals surface area contributed by atoms with Gasteiger partial charge < -0.3 is 28.4 Å². The molecule has 0 spiro atoms. The Balaban J connectivity index is 3.17. The number of methoxy groups -OCH3 is 4. The number of nitrogens with one attached hydrogen (secondary N) is 2. The van der Waals surface area contributed by atoms with E-state index in [1.54, 1.807) is 0 Å². The van der Waals surface area contributed by atoms with Gasteiger partial charge in [-0.1, -0.05) is 0 Å². The molecule has 0 aliphatic rings. The van der Waals surface area contributed by atoms with Crippen LogP contribution in [0.3, 0.4) is 0 Å². The van der Waals surface area contributed by atoms with E-state index < -0.39 is 29.1 Å². The second kappa shape index (κ2) is 13.7. The predicted molar refractivity (Wildman–Crippen MR) is 105 cm³/mol. The number of hydrogen-bond donors (Lipinski definition) is 2. The lowest BCUT2D eigenvalue weighted by Crippen LogP contribution is -2.34. The number of amides is 1. The van der Waals surface area contributed by atoms with Gasteiger partial charge in [-0.3, -0.25) is 20.3 Å². The van der Waals surface area contributed by atoms with Gasteiger partial charge in [-0.25, -0.2) is 5.43 Å². The molecular formula is C18H29N3O9. The minimum absolute atomic E-state index is 0.0279. The van der Waals surface area contributed by atoms with Crippen molar-refractivity contribution >= 4 is 11.6 Å². The third-order valence-electron chi connectivity index (χ3n) is 4.00. The maximum Gasteiger partial charge on any atom is 0.315 e. The molecule has 0 atom stereocenters. The minimum atomic E-state index is -0.643. The van der Waals surface area contributed by atoms with Crippen molar-refractivity contribution in [3.05, 3.63) is 27.8 Å². The molecule has 12 nitrogen and oxygen atoms in total. The third-order valence-corrected chi connectivity index (χ3v) is 4.00. The maximum absolute atomic E-state index is 12.2. The number of nitro groups is 1. The highest BCUT2D eigenvalue weighted by Crippen LogP contribution is 2.39. The van der Waals surface area contributed by atoms with E-state index in [4.69, 9.17) is 28.4 Å². The van der Waals surface area contributed by atoms with Crippen LogP contribution < -0.4 is 20.3 Å². The van der Waals surface area contributed by atoms with Crippen molar-refractivity contribution in [3.63, 3.8) is 0 Å². The molecule has 0 aromatic heterocycles. The average Bonchev–Trinajstić information content (AvgIpc) is 2.74. The topological polar surface area (TPSA) is 140 Å². The number of hydrazine groups is 1. The van der Waals surface area contributed by atoms with E-state index in [-0.39, 0.29) is 30.3 Å². The quantitative estimate of drug-likeness (QED) is 0.237. The van der Waals surface area contributed by atoms with Crippen molar-refractivity contribution in [2.24, 2.45) is 0 Å². The first kappa shape index (κ1) is 25.5. The summed E-state index contributed by atoms with van der Waals surface area (Å²) in [6.45, 7) is 0.167. The summed E-state index contributed by atoms with van der Waals surface area (Å²) in [4.78, 5) is 23.2. The normalized spacial score (nSPS) is 11.0. The van der Waals surface area contributed by atoms with Gasteiger partial charge in [-0.2, -0.15) is 0 Å². The first-order valence-electron chi connectivity index (χ1n) is 9.08. The minimum Gasteiger partial charge on any atom is -0.489 e. The molecule has 0 saturated carbocycles. The number of hydrogen-bond acceptors (Lipinski definition) is 10. The first-order chi connectivity index (χ1) is 14.4. The van der Waals surface area contributed by atoms with Crippen LogP contribution in [0.15, 0.2) is 12.1 Å². The van der Waals surface area contributed by atoms with Crippen molar-refractivity contribution < 1.29 is 38.1 Å². The molecule has 1 amide bonds. The zero-order valence-corrected chi connectivity index (χ0v) is 17.8. The zero-order chi connectivity index (χ0) is 22.5. The van der Waals surface area contributed by atoms with E-state index in [1.807, 2.05) is 0 Å². The molecule has 0 saturated heterocycles. The van der Waals surface area contributed by atoms with Crippen molar-refractivity contribution in [2.45, 2.75) is 25.4 Å². The van der Waals surface area contributed by atoms with Gasteiger partial charge in [0.2, 0.25) is 5.75 Å². The molecule has 0 bridgehead atoms. The van der Waals surface area contributed by atoms with Crippen molar-refractivity contribution in [1.29, 1.82) is 0 Å². The predicted octanol–water partition coefficient (Wildman–Crippen LogP) is 1.23. The average molecular weight is 431 g/mol. The van der Waals surface area contributed by atoms with Crippen LogP contribution >= 0.6 is 0 Å². The fraction of sp³-hybridized carbons (Fsp3) is 0.611. The number of ether oxygens (including phenoxy) is 6. The van der Waals surface area contributed by atoms with Gasteiger partial charge in [0.05, 0.1) is 23.7 Å². The Kier molecular flexibility index (Phi) is 11.6. The SMILES string of the molecule is CNNC(=O)c1cc(OCCC(OC)OC)c(OCCC(OC)OC)c([N+](=O)[O-])c1. The molecule has 30 heavy (non-hydrogen) atoms. The molecule has 0 aliphatic carbocycles. The number of benzene rings is 1. The summed E-state index contributed by atoms with van der Waals surface area (Å²) in [5.74, 6) is -0.622. The second-order valence-corrected chi connectivity index (χ2v) is 5.86. The van der Waals surface area contributed by atoms with Gasteiger partial charge in [0.1, 0.15) is 0 Å². The van der Waals surface area contributed by atoms with Crippen LogP contribution in [0.25, 0.3) is 0 Å². The molecule has 2 N–H and O–H groups in total. The van der Waals surface area contributed by atoms with E-state index in [2.05, 4.69) is 10.9 Å². The number of rotatable bonds is 15. The highest BCUT2D eigenvalue weighted by atomic mass is 16.7. The van der Waals surface area contributed by atoms with Gasteiger partial charge in [-0.05, 0) is 6.07 Å². The van der Waals surface area contributed by atoms with Gasteiger partial charge in [0.25, 0.3) is 5.91 Å².